The van der Waals surface area contributed by atoms with E-state index in [1.807, 2.05) is 30.3 Å². The molecule has 0 spiro atoms. The van der Waals surface area contributed by atoms with Gasteiger partial charge in [0.15, 0.2) is 5.82 Å². The predicted octanol–water partition coefficient (Wildman–Crippen LogP) is 4.52. The van der Waals surface area contributed by atoms with Gasteiger partial charge in [-0.25, -0.2) is 9.97 Å². The molecule has 1 saturated heterocycles. The molecule has 0 bridgehead atoms. The Balaban J connectivity index is 1.78. The van der Waals surface area contributed by atoms with Gasteiger partial charge in [-0.1, -0.05) is 23.7 Å². The summed E-state index contributed by atoms with van der Waals surface area (Å²) in [5.41, 5.74) is 1.40. The summed E-state index contributed by atoms with van der Waals surface area (Å²) in [6.45, 7) is 2.64. The predicted molar refractivity (Wildman–Crippen MR) is 108 cm³/mol. The summed E-state index contributed by atoms with van der Waals surface area (Å²) in [5, 5.41) is 11.9. The minimum absolute atomic E-state index is 0.170. The average Bonchev–Trinajstić information content (AvgIpc) is 2.68. The molecule has 2 heterocycles. The largest absolute Gasteiger partial charge is 0.507 e. The molecule has 0 saturated carbocycles. The minimum atomic E-state index is 0.170. The summed E-state index contributed by atoms with van der Waals surface area (Å²) in [5.74, 6) is 2.16. The van der Waals surface area contributed by atoms with Gasteiger partial charge in [0.1, 0.15) is 11.6 Å². The first-order chi connectivity index (χ1) is 13.2. The number of ether oxygens (including phenoxy) is 1. The van der Waals surface area contributed by atoms with E-state index in [0.717, 1.165) is 49.3 Å². The molecule has 6 heteroatoms. The normalized spacial score (nSPS) is 15.4. The Morgan fingerprint density at radius 2 is 1.93 bits per heavy atom. The van der Waals surface area contributed by atoms with E-state index in [4.69, 9.17) is 21.3 Å². The van der Waals surface area contributed by atoms with E-state index in [0.29, 0.717) is 22.3 Å². The maximum absolute atomic E-state index is 10.3. The fourth-order valence-corrected chi connectivity index (χ4v) is 3.82. The van der Waals surface area contributed by atoms with Crippen molar-refractivity contribution in [3.05, 3.63) is 47.5 Å². The monoisotopic (exact) mass is 383 g/mol. The van der Waals surface area contributed by atoms with Crippen molar-refractivity contribution < 1.29 is 9.84 Å². The third kappa shape index (κ3) is 3.70. The Kier molecular flexibility index (Phi) is 5.14. The lowest BCUT2D eigenvalue weighted by Crippen LogP contribution is -2.35. The molecule has 3 aromatic rings. The number of para-hydroxylation sites is 1. The first-order valence-corrected chi connectivity index (χ1v) is 9.53. The lowest BCUT2D eigenvalue weighted by molar-refractivity contribution is 0.139. The Morgan fingerprint density at radius 3 is 2.67 bits per heavy atom. The minimum Gasteiger partial charge on any atom is -0.507 e. The van der Waals surface area contributed by atoms with Crippen molar-refractivity contribution in [2.24, 2.45) is 5.92 Å². The van der Waals surface area contributed by atoms with Crippen LogP contribution in [0.3, 0.4) is 0 Å². The standard InChI is InChI=1S/C21H22ClN3O2/c1-27-13-14-8-10-25(11-9-14)21-16-7-6-15(22)12-18(16)23-20(24-21)17-4-2-3-5-19(17)26/h2-7,12,14,26H,8-11,13H2,1H3. The molecule has 0 radical (unpaired) electrons. The second kappa shape index (κ2) is 7.71. The Bertz CT molecular complexity index is 955. The summed E-state index contributed by atoms with van der Waals surface area (Å²) in [7, 11) is 1.76. The van der Waals surface area contributed by atoms with Crippen molar-refractivity contribution in [3.8, 4) is 17.1 Å². The van der Waals surface area contributed by atoms with Crippen LogP contribution < -0.4 is 4.90 Å². The fraction of sp³-hybridized carbons (Fsp3) is 0.333. The molecule has 0 aliphatic carbocycles. The molecule has 2 aromatic carbocycles. The van der Waals surface area contributed by atoms with E-state index < -0.39 is 0 Å². The number of anilines is 1. The zero-order valence-corrected chi connectivity index (χ0v) is 16.0. The van der Waals surface area contributed by atoms with Gasteiger partial charge in [-0.15, -0.1) is 0 Å². The molecule has 0 atom stereocenters. The van der Waals surface area contributed by atoms with Gasteiger partial charge in [0, 0.05) is 37.2 Å². The van der Waals surface area contributed by atoms with Gasteiger partial charge >= 0.3 is 0 Å². The molecule has 27 heavy (non-hydrogen) atoms. The SMILES string of the molecule is COCC1CCN(c2nc(-c3ccccc3O)nc3cc(Cl)ccc23)CC1. The molecule has 1 fully saturated rings. The molecule has 0 amide bonds. The summed E-state index contributed by atoms with van der Waals surface area (Å²) in [6, 6.07) is 12.8. The van der Waals surface area contributed by atoms with Crippen molar-refractivity contribution in [1.82, 2.24) is 9.97 Å². The number of fused-ring (bicyclic) bond motifs is 1. The van der Waals surface area contributed by atoms with Crippen LogP contribution in [0, 0.1) is 5.92 Å². The number of halogens is 1. The lowest BCUT2D eigenvalue weighted by Gasteiger charge is -2.33. The lowest BCUT2D eigenvalue weighted by atomic mass is 9.97. The van der Waals surface area contributed by atoms with Crippen molar-refractivity contribution in [1.29, 1.82) is 0 Å². The number of phenols is 1. The zero-order chi connectivity index (χ0) is 18.8. The van der Waals surface area contributed by atoms with Gasteiger partial charge in [-0.05, 0) is 49.1 Å². The third-order valence-corrected chi connectivity index (χ3v) is 5.34. The molecule has 140 valence electrons. The van der Waals surface area contributed by atoms with Crippen LogP contribution in [0.15, 0.2) is 42.5 Å². The van der Waals surface area contributed by atoms with E-state index in [1.165, 1.54) is 0 Å². The summed E-state index contributed by atoms with van der Waals surface area (Å²) >= 11 is 6.20. The van der Waals surface area contributed by atoms with E-state index in [2.05, 4.69) is 9.88 Å². The highest BCUT2D eigenvalue weighted by Crippen LogP contribution is 2.34. The van der Waals surface area contributed by atoms with Crippen molar-refractivity contribution in [2.45, 2.75) is 12.8 Å². The molecule has 1 N–H and O–H groups in total. The summed E-state index contributed by atoms with van der Waals surface area (Å²) < 4.78 is 5.31. The van der Waals surface area contributed by atoms with Crippen LogP contribution >= 0.6 is 11.6 Å². The van der Waals surface area contributed by atoms with Crippen LogP contribution in [0.1, 0.15) is 12.8 Å². The summed E-state index contributed by atoms with van der Waals surface area (Å²) in [6.07, 6.45) is 2.14. The van der Waals surface area contributed by atoms with E-state index in [9.17, 15) is 5.11 Å². The number of hydrogen-bond acceptors (Lipinski definition) is 5. The van der Waals surface area contributed by atoms with E-state index >= 15 is 0 Å². The quantitative estimate of drug-likeness (QED) is 0.717. The van der Waals surface area contributed by atoms with Gasteiger partial charge in [0.05, 0.1) is 11.1 Å². The van der Waals surface area contributed by atoms with Gasteiger partial charge in [-0.3, -0.25) is 0 Å². The first-order valence-electron chi connectivity index (χ1n) is 9.15. The summed E-state index contributed by atoms with van der Waals surface area (Å²) in [4.78, 5) is 11.8. The number of rotatable bonds is 4. The Hall–Kier alpha value is -2.37. The molecular weight excluding hydrogens is 362 g/mol. The highest BCUT2D eigenvalue weighted by atomic mass is 35.5. The van der Waals surface area contributed by atoms with Crippen LogP contribution in [-0.2, 0) is 4.74 Å². The second-order valence-corrected chi connectivity index (χ2v) is 7.37. The number of hydrogen-bond donors (Lipinski definition) is 1. The molecular formula is C21H22ClN3O2. The number of benzene rings is 2. The molecule has 1 aliphatic heterocycles. The van der Waals surface area contributed by atoms with Crippen LogP contribution in [0.4, 0.5) is 5.82 Å². The molecule has 1 aliphatic rings. The van der Waals surface area contributed by atoms with Gasteiger partial charge in [0.25, 0.3) is 0 Å². The van der Waals surface area contributed by atoms with Crippen LogP contribution in [0.5, 0.6) is 5.75 Å². The van der Waals surface area contributed by atoms with Gasteiger partial charge in [0.2, 0.25) is 0 Å². The van der Waals surface area contributed by atoms with E-state index in [-0.39, 0.29) is 5.75 Å². The number of aromatic nitrogens is 2. The van der Waals surface area contributed by atoms with Crippen LogP contribution in [0.25, 0.3) is 22.3 Å². The van der Waals surface area contributed by atoms with E-state index in [1.54, 1.807) is 19.2 Å². The van der Waals surface area contributed by atoms with Crippen molar-refractivity contribution in [2.75, 3.05) is 31.7 Å². The molecule has 4 rings (SSSR count). The van der Waals surface area contributed by atoms with Crippen molar-refractivity contribution in [3.63, 3.8) is 0 Å². The fourth-order valence-electron chi connectivity index (χ4n) is 3.66. The number of phenolic OH excluding ortho intramolecular Hbond substituents is 1. The smallest absolute Gasteiger partial charge is 0.165 e. The van der Waals surface area contributed by atoms with Crippen LogP contribution in [0.2, 0.25) is 5.02 Å². The maximum Gasteiger partial charge on any atom is 0.165 e. The number of piperidine rings is 1. The topological polar surface area (TPSA) is 58.5 Å². The number of methoxy groups -OCH3 is 1. The Morgan fingerprint density at radius 1 is 1.15 bits per heavy atom. The highest BCUT2D eigenvalue weighted by Gasteiger charge is 2.23. The Labute approximate surface area is 163 Å². The molecule has 5 nitrogen and oxygen atoms in total. The molecule has 1 aromatic heterocycles. The number of aromatic hydroxyl groups is 1. The second-order valence-electron chi connectivity index (χ2n) is 6.94. The zero-order valence-electron chi connectivity index (χ0n) is 15.2. The van der Waals surface area contributed by atoms with Crippen LogP contribution in [-0.4, -0.2) is 41.9 Å². The molecule has 0 unspecified atom stereocenters. The van der Waals surface area contributed by atoms with Gasteiger partial charge in [-0.2, -0.15) is 0 Å². The third-order valence-electron chi connectivity index (χ3n) is 5.10. The average molecular weight is 384 g/mol. The maximum atomic E-state index is 10.3. The number of nitrogens with zero attached hydrogens (tertiary/aromatic N) is 3. The van der Waals surface area contributed by atoms with Gasteiger partial charge < -0.3 is 14.7 Å². The van der Waals surface area contributed by atoms with Crippen molar-refractivity contribution >= 4 is 28.3 Å². The first kappa shape index (κ1) is 18.0. The highest BCUT2D eigenvalue weighted by molar-refractivity contribution is 6.31.